The van der Waals surface area contributed by atoms with E-state index in [1.807, 2.05) is 11.8 Å². The molecule has 0 saturated carbocycles. The molecular weight excluding hydrogens is 292 g/mol. The fourth-order valence-corrected chi connectivity index (χ4v) is 3.94. The van der Waals surface area contributed by atoms with Gasteiger partial charge in [-0.25, -0.2) is 0 Å². The van der Waals surface area contributed by atoms with Gasteiger partial charge in [0.25, 0.3) is 0 Å². The van der Waals surface area contributed by atoms with Crippen LogP contribution in [0.2, 0.25) is 0 Å². The zero-order chi connectivity index (χ0) is 15.8. The Hall–Kier alpha value is -1.00. The number of nitrogens with zero attached hydrogens (tertiary/aromatic N) is 2. The molecule has 0 aliphatic carbocycles. The number of hydrazone groups is 1. The molecule has 1 fully saturated rings. The molecule has 2 rings (SSSR count). The third kappa shape index (κ3) is 5.65. The molecule has 1 aromatic carbocycles. The molecule has 0 N–H and O–H groups in total. The average molecular weight is 321 g/mol. The Morgan fingerprint density at radius 2 is 2.14 bits per heavy atom. The van der Waals surface area contributed by atoms with Crippen LogP contribution in [0.5, 0.6) is 0 Å². The summed E-state index contributed by atoms with van der Waals surface area (Å²) in [7, 11) is 1.77. The SMILES string of the molecule is COC[C@@H]1CCCN1/N=C/[C@@H](Cc1ccccc1)SC(C)C. The molecule has 1 aromatic rings. The average Bonchev–Trinajstić information content (AvgIpc) is 2.93. The number of methoxy groups -OCH3 is 1. The molecule has 122 valence electrons. The Kier molecular flexibility index (Phi) is 7.26. The third-order valence-electron chi connectivity index (χ3n) is 3.81. The highest BCUT2D eigenvalue weighted by atomic mass is 32.2. The zero-order valence-corrected chi connectivity index (χ0v) is 14.8. The maximum Gasteiger partial charge on any atom is 0.0704 e. The van der Waals surface area contributed by atoms with E-state index in [2.05, 4.69) is 55.4 Å². The van der Waals surface area contributed by atoms with E-state index in [0.29, 0.717) is 16.5 Å². The van der Waals surface area contributed by atoms with Crippen molar-refractivity contribution in [3.05, 3.63) is 35.9 Å². The molecule has 1 saturated heterocycles. The Morgan fingerprint density at radius 3 is 2.82 bits per heavy atom. The van der Waals surface area contributed by atoms with Crippen molar-refractivity contribution >= 4 is 18.0 Å². The van der Waals surface area contributed by atoms with Crippen LogP contribution >= 0.6 is 11.8 Å². The van der Waals surface area contributed by atoms with Crippen LogP contribution in [0.4, 0.5) is 0 Å². The molecule has 0 spiro atoms. The summed E-state index contributed by atoms with van der Waals surface area (Å²) in [6, 6.07) is 11.1. The summed E-state index contributed by atoms with van der Waals surface area (Å²) in [4.78, 5) is 0. The summed E-state index contributed by atoms with van der Waals surface area (Å²) >= 11 is 1.99. The van der Waals surface area contributed by atoms with Gasteiger partial charge in [0.15, 0.2) is 0 Å². The number of hydrogen-bond donors (Lipinski definition) is 0. The van der Waals surface area contributed by atoms with Gasteiger partial charge in [-0.05, 0) is 30.1 Å². The molecular formula is C18H28N2OS. The lowest BCUT2D eigenvalue weighted by Gasteiger charge is -2.22. The molecule has 4 heteroatoms. The van der Waals surface area contributed by atoms with E-state index in [0.717, 1.165) is 19.6 Å². The Morgan fingerprint density at radius 1 is 1.36 bits per heavy atom. The van der Waals surface area contributed by atoms with Crippen LogP contribution in [0, 0.1) is 0 Å². The van der Waals surface area contributed by atoms with Crippen molar-refractivity contribution in [3.63, 3.8) is 0 Å². The summed E-state index contributed by atoms with van der Waals surface area (Å²) in [5, 5.41) is 8.02. The second kappa shape index (κ2) is 9.21. The highest BCUT2D eigenvalue weighted by Gasteiger charge is 2.23. The zero-order valence-electron chi connectivity index (χ0n) is 13.9. The summed E-state index contributed by atoms with van der Waals surface area (Å²) < 4.78 is 5.30. The van der Waals surface area contributed by atoms with Gasteiger partial charge in [-0.2, -0.15) is 5.10 Å². The summed E-state index contributed by atoms with van der Waals surface area (Å²) in [5.74, 6) is 0. The minimum absolute atomic E-state index is 0.422. The molecule has 0 aromatic heterocycles. The third-order valence-corrected chi connectivity index (χ3v) is 5.00. The molecule has 1 aliphatic heterocycles. The van der Waals surface area contributed by atoms with Crippen molar-refractivity contribution in [3.8, 4) is 0 Å². The van der Waals surface area contributed by atoms with Crippen molar-refractivity contribution in [1.29, 1.82) is 0 Å². The monoisotopic (exact) mass is 320 g/mol. The van der Waals surface area contributed by atoms with Gasteiger partial charge in [-0.15, -0.1) is 11.8 Å². The first-order chi connectivity index (χ1) is 10.7. The van der Waals surface area contributed by atoms with Crippen molar-refractivity contribution in [2.45, 2.75) is 49.7 Å². The Bertz CT molecular complexity index is 450. The second-order valence-electron chi connectivity index (χ2n) is 6.09. The molecule has 0 bridgehead atoms. The first-order valence-electron chi connectivity index (χ1n) is 8.18. The topological polar surface area (TPSA) is 24.8 Å². The molecule has 1 heterocycles. The lowest BCUT2D eigenvalue weighted by atomic mass is 10.1. The van der Waals surface area contributed by atoms with Gasteiger partial charge in [0.1, 0.15) is 0 Å². The summed E-state index contributed by atoms with van der Waals surface area (Å²) in [6.45, 7) is 6.33. The first-order valence-corrected chi connectivity index (χ1v) is 9.12. The quantitative estimate of drug-likeness (QED) is 0.680. The maximum absolute atomic E-state index is 5.30. The summed E-state index contributed by atoms with van der Waals surface area (Å²) in [5.41, 5.74) is 1.38. The van der Waals surface area contributed by atoms with E-state index in [9.17, 15) is 0 Å². The van der Waals surface area contributed by atoms with Crippen LogP contribution in [0.3, 0.4) is 0 Å². The predicted octanol–water partition coefficient (Wildman–Crippen LogP) is 3.84. The Labute approximate surface area is 139 Å². The minimum Gasteiger partial charge on any atom is -0.382 e. The maximum atomic E-state index is 5.30. The van der Waals surface area contributed by atoms with Crippen molar-refractivity contribution < 1.29 is 4.74 Å². The van der Waals surface area contributed by atoms with Crippen LogP contribution in [0.15, 0.2) is 35.4 Å². The first kappa shape index (κ1) is 17.4. The van der Waals surface area contributed by atoms with E-state index < -0.39 is 0 Å². The van der Waals surface area contributed by atoms with Crippen LogP contribution in [-0.4, -0.2) is 48.0 Å². The molecule has 3 nitrogen and oxygen atoms in total. The number of thioether (sulfide) groups is 1. The second-order valence-corrected chi connectivity index (χ2v) is 7.91. The fourth-order valence-electron chi connectivity index (χ4n) is 2.83. The van der Waals surface area contributed by atoms with Gasteiger partial charge in [0.05, 0.1) is 12.6 Å². The molecule has 0 unspecified atom stereocenters. The molecule has 0 radical (unpaired) electrons. The number of ether oxygens (including phenoxy) is 1. The lowest BCUT2D eigenvalue weighted by Crippen LogP contribution is -2.29. The smallest absolute Gasteiger partial charge is 0.0704 e. The van der Waals surface area contributed by atoms with Crippen LogP contribution in [-0.2, 0) is 11.2 Å². The number of rotatable bonds is 8. The molecule has 2 atom stereocenters. The normalized spacial score (nSPS) is 20.2. The van der Waals surface area contributed by atoms with Crippen molar-refractivity contribution in [2.75, 3.05) is 20.3 Å². The van der Waals surface area contributed by atoms with Crippen LogP contribution < -0.4 is 0 Å². The molecule has 22 heavy (non-hydrogen) atoms. The van der Waals surface area contributed by atoms with E-state index in [1.165, 1.54) is 18.4 Å². The van der Waals surface area contributed by atoms with Gasteiger partial charge in [0.2, 0.25) is 0 Å². The van der Waals surface area contributed by atoms with E-state index >= 15 is 0 Å². The van der Waals surface area contributed by atoms with Gasteiger partial charge in [-0.3, -0.25) is 5.01 Å². The van der Waals surface area contributed by atoms with E-state index in [-0.39, 0.29) is 0 Å². The van der Waals surface area contributed by atoms with E-state index in [4.69, 9.17) is 9.84 Å². The van der Waals surface area contributed by atoms with Crippen LogP contribution in [0.1, 0.15) is 32.3 Å². The fraction of sp³-hybridized carbons (Fsp3) is 0.611. The van der Waals surface area contributed by atoms with Crippen molar-refractivity contribution in [2.24, 2.45) is 5.10 Å². The van der Waals surface area contributed by atoms with Crippen molar-refractivity contribution in [1.82, 2.24) is 5.01 Å². The van der Waals surface area contributed by atoms with E-state index in [1.54, 1.807) is 7.11 Å². The predicted molar refractivity (Wildman–Crippen MR) is 96.8 cm³/mol. The number of benzene rings is 1. The number of hydrogen-bond acceptors (Lipinski definition) is 4. The van der Waals surface area contributed by atoms with Gasteiger partial charge < -0.3 is 4.74 Å². The highest BCUT2D eigenvalue weighted by molar-refractivity contribution is 8.01. The largest absolute Gasteiger partial charge is 0.382 e. The van der Waals surface area contributed by atoms with Gasteiger partial charge in [-0.1, -0.05) is 44.2 Å². The van der Waals surface area contributed by atoms with Gasteiger partial charge in [0, 0.05) is 25.1 Å². The van der Waals surface area contributed by atoms with Crippen LogP contribution in [0.25, 0.3) is 0 Å². The molecule has 1 aliphatic rings. The standard InChI is InChI=1S/C18H28N2OS/c1-15(2)22-18(12-16-8-5-4-6-9-16)13-19-20-11-7-10-17(20)14-21-3/h4-6,8-9,13,15,17-18H,7,10-12,14H2,1-3H3/b19-13+/t17-,18+/m0/s1. The summed E-state index contributed by atoms with van der Waals surface area (Å²) in [6.07, 6.45) is 5.58. The van der Waals surface area contributed by atoms with Gasteiger partial charge >= 0.3 is 0 Å². The molecule has 0 amide bonds. The minimum atomic E-state index is 0.422. The Balaban J connectivity index is 1.98. The highest BCUT2D eigenvalue weighted by Crippen LogP contribution is 2.22. The lowest BCUT2D eigenvalue weighted by molar-refractivity contribution is 0.118.